The summed E-state index contributed by atoms with van der Waals surface area (Å²) in [7, 11) is 0. The monoisotopic (exact) mass is 218 g/mol. The molecule has 0 bridgehead atoms. The molecule has 0 spiro atoms. The molecular weight excluding hydrogens is 211 g/mol. The number of halogens is 2. The minimum atomic E-state index is -0.490. The van der Waals surface area contributed by atoms with Gasteiger partial charge in [0.1, 0.15) is 12.4 Å². The van der Waals surface area contributed by atoms with Crippen LogP contribution in [0.2, 0.25) is 5.02 Å². The Kier molecular flexibility index (Phi) is 2.48. The molecule has 14 heavy (non-hydrogen) atoms. The van der Waals surface area contributed by atoms with Gasteiger partial charge in [0, 0.05) is 6.07 Å². The summed E-state index contributed by atoms with van der Waals surface area (Å²) in [6.45, 7) is 0.0441. The van der Waals surface area contributed by atoms with Gasteiger partial charge in [-0.15, -0.1) is 0 Å². The summed E-state index contributed by atoms with van der Waals surface area (Å²) < 4.78 is 23.4. The summed E-state index contributed by atoms with van der Waals surface area (Å²) in [5.74, 6) is 0.0778. The van der Waals surface area contributed by atoms with E-state index in [1.54, 1.807) is 0 Å². The zero-order valence-corrected chi connectivity index (χ0v) is 7.92. The van der Waals surface area contributed by atoms with Crippen molar-refractivity contribution in [1.29, 1.82) is 0 Å². The summed E-state index contributed by atoms with van der Waals surface area (Å²) in [5, 5.41) is 9.00. The van der Waals surface area contributed by atoms with Crippen molar-refractivity contribution in [2.75, 3.05) is 13.2 Å². The molecule has 3 nitrogen and oxygen atoms in total. The quantitative estimate of drug-likeness (QED) is 0.779. The minimum Gasteiger partial charge on any atom is -0.484 e. The van der Waals surface area contributed by atoms with Gasteiger partial charge in [-0.1, -0.05) is 11.6 Å². The Balaban J connectivity index is 2.37. The van der Waals surface area contributed by atoms with E-state index in [2.05, 4.69) is 0 Å². The van der Waals surface area contributed by atoms with Crippen LogP contribution < -0.4 is 9.47 Å². The number of rotatable bonds is 1. The highest BCUT2D eigenvalue weighted by Gasteiger charge is 2.23. The first-order valence-corrected chi connectivity index (χ1v) is 4.48. The number of fused-ring (bicyclic) bond motifs is 1. The molecule has 0 aliphatic carbocycles. The average Bonchev–Trinajstić information content (AvgIpc) is 2.16. The molecule has 76 valence electrons. The molecule has 1 aromatic rings. The smallest absolute Gasteiger partial charge is 0.180 e. The van der Waals surface area contributed by atoms with Gasteiger partial charge in [-0.2, -0.15) is 0 Å². The van der Waals surface area contributed by atoms with Crippen LogP contribution >= 0.6 is 11.6 Å². The van der Waals surface area contributed by atoms with Gasteiger partial charge in [-0.3, -0.25) is 0 Å². The third-order valence-electron chi connectivity index (χ3n) is 1.89. The Morgan fingerprint density at radius 2 is 2.36 bits per heavy atom. The van der Waals surface area contributed by atoms with E-state index in [1.165, 1.54) is 6.07 Å². The standard InChI is InChI=1S/C9H8ClFO3/c10-7-1-5(11)2-8-9(7)13-4-6(3-12)14-8/h1-2,6,12H,3-4H2. The summed E-state index contributed by atoms with van der Waals surface area (Å²) in [5.41, 5.74) is 0. The Morgan fingerprint density at radius 3 is 3.07 bits per heavy atom. The molecule has 0 aromatic heterocycles. The molecule has 1 aliphatic heterocycles. The van der Waals surface area contributed by atoms with Crippen LogP contribution in [0.3, 0.4) is 0 Å². The Morgan fingerprint density at radius 1 is 1.57 bits per heavy atom. The van der Waals surface area contributed by atoms with Gasteiger partial charge in [0.05, 0.1) is 11.6 Å². The molecule has 0 saturated carbocycles. The van der Waals surface area contributed by atoms with Gasteiger partial charge in [-0.25, -0.2) is 4.39 Å². The first-order chi connectivity index (χ1) is 6.70. The molecule has 2 rings (SSSR count). The third-order valence-corrected chi connectivity index (χ3v) is 2.17. The summed E-state index contributed by atoms with van der Waals surface area (Å²) in [6.07, 6.45) is -0.458. The molecule has 0 amide bonds. The predicted octanol–water partition coefficient (Wildman–Crippen LogP) is 1.61. The lowest BCUT2D eigenvalue weighted by Gasteiger charge is -2.25. The topological polar surface area (TPSA) is 38.7 Å². The lowest BCUT2D eigenvalue weighted by atomic mass is 10.2. The van der Waals surface area contributed by atoms with E-state index in [4.69, 9.17) is 26.2 Å². The predicted molar refractivity (Wildman–Crippen MR) is 48.4 cm³/mol. The van der Waals surface area contributed by atoms with E-state index < -0.39 is 11.9 Å². The maximum absolute atomic E-state index is 12.9. The summed E-state index contributed by atoms with van der Waals surface area (Å²) >= 11 is 5.73. The van der Waals surface area contributed by atoms with Gasteiger partial charge in [0.2, 0.25) is 0 Å². The summed E-state index contributed by atoms with van der Waals surface area (Å²) in [4.78, 5) is 0. The van der Waals surface area contributed by atoms with Crippen molar-refractivity contribution in [1.82, 2.24) is 0 Å². The fourth-order valence-corrected chi connectivity index (χ4v) is 1.50. The second-order valence-corrected chi connectivity index (χ2v) is 3.36. The van der Waals surface area contributed by atoms with Crippen molar-refractivity contribution < 1.29 is 19.0 Å². The number of hydrogen-bond donors (Lipinski definition) is 1. The second kappa shape index (κ2) is 3.63. The normalized spacial score (nSPS) is 19.5. The van der Waals surface area contributed by atoms with Crippen LogP contribution in [0.1, 0.15) is 0 Å². The van der Waals surface area contributed by atoms with Crippen LogP contribution in [0.15, 0.2) is 12.1 Å². The minimum absolute atomic E-state index is 0.173. The van der Waals surface area contributed by atoms with Crippen LogP contribution in [0, 0.1) is 5.82 Å². The van der Waals surface area contributed by atoms with Crippen LogP contribution in [-0.2, 0) is 0 Å². The maximum Gasteiger partial charge on any atom is 0.180 e. The van der Waals surface area contributed by atoms with Gasteiger partial charge in [0.25, 0.3) is 0 Å². The number of hydrogen-bond acceptors (Lipinski definition) is 3. The van der Waals surface area contributed by atoms with E-state index in [1.807, 2.05) is 0 Å². The zero-order valence-electron chi connectivity index (χ0n) is 7.17. The molecule has 1 N–H and O–H groups in total. The van der Waals surface area contributed by atoms with Crippen molar-refractivity contribution in [2.45, 2.75) is 6.10 Å². The largest absolute Gasteiger partial charge is 0.484 e. The molecule has 1 aliphatic rings. The van der Waals surface area contributed by atoms with Crippen molar-refractivity contribution in [3.63, 3.8) is 0 Å². The number of aliphatic hydroxyl groups is 1. The molecule has 0 saturated heterocycles. The van der Waals surface area contributed by atoms with Crippen LogP contribution in [0.4, 0.5) is 4.39 Å². The highest BCUT2D eigenvalue weighted by Crippen LogP contribution is 2.38. The van der Waals surface area contributed by atoms with Crippen molar-refractivity contribution in [2.24, 2.45) is 0 Å². The lowest BCUT2D eigenvalue weighted by molar-refractivity contribution is 0.0453. The molecular formula is C9H8ClFO3. The maximum atomic E-state index is 12.9. The second-order valence-electron chi connectivity index (χ2n) is 2.95. The molecule has 0 radical (unpaired) electrons. The van der Waals surface area contributed by atoms with Crippen molar-refractivity contribution in [3.8, 4) is 11.5 Å². The van der Waals surface area contributed by atoms with Crippen LogP contribution in [0.25, 0.3) is 0 Å². The first-order valence-electron chi connectivity index (χ1n) is 4.10. The SMILES string of the molecule is OCC1COc2c(Cl)cc(F)cc2O1. The molecule has 1 aromatic carbocycles. The van der Waals surface area contributed by atoms with E-state index in [0.717, 1.165) is 6.07 Å². The van der Waals surface area contributed by atoms with E-state index in [-0.39, 0.29) is 24.0 Å². The van der Waals surface area contributed by atoms with Gasteiger partial charge < -0.3 is 14.6 Å². The average molecular weight is 219 g/mol. The van der Waals surface area contributed by atoms with Crippen LogP contribution in [0.5, 0.6) is 11.5 Å². The summed E-state index contributed by atoms with van der Waals surface area (Å²) in [6, 6.07) is 2.34. The highest BCUT2D eigenvalue weighted by molar-refractivity contribution is 6.32. The molecule has 1 atom stereocenters. The number of ether oxygens (including phenoxy) is 2. The Bertz CT molecular complexity index is 356. The van der Waals surface area contributed by atoms with Gasteiger partial charge in [0.15, 0.2) is 17.6 Å². The van der Waals surface area contributed by atoms with Crippen LogP contribution in [-0.4, -0.2) is 24.4 Å². The van der Waals surface area contributed by atoms with Gasteiger partial charge in [-0.05, 0) is 6.07 Å². The Hall–Kier alpha value is -1.00. The number of benzene rings is 1. The van der Waals surface area contributed by atoms with Crippen molar-refractivity contribution >= 4 is 11.6 Å². The lowest BCUT2D eigenvalue weighted by Crippen LogP contribution is -2.32. The third kappa shape index (κ3) is 1.63. The molecule has 1 unspecified atom stereocenters. The fraction of sp³-hybridized carbons (Fsp3) is 0.333. The van der Waals surface area contributed by atoms with Gasteiger partial charge >= 0.3 is 0 Å². The fourth-order valence-electron chi connectivity index (χ4n) is 1.24. The highest BCUT2D eigenvalue weighted by atomic mass is 35.5. The molecule has 1 heterocycles. The van der Waals surface area contributed by atoms with E-state index in [0.29, 0.717) is 5.75 Å². The van der Waals surface area contributed by atoms with E-state index >= 15 is 0 Å². The molecule has 0 fully saturated rings. The van der Waals surface area contributed by atoms with Crippen molar-refractivity contribution in [3.05, 3.63) is 23.0 Å². The zero-order chi connectivity index (χ0) is 10.1. The van der Waals surface area contributed by atoms with E-state index in [9.17, 15) is 4.39 Å². The Labute approximate surface area is 85.0 Å². The first kappa shape index (κ1) is 9.55. The molecule has 5 heteroatoms. The number of aliphatic hydroxyl groups excluding tert-OH is 1.